The number of nitrogens with zero attached hydrogens (tertiary/aromatic N) is 2. The van der Waals surface area contributed by atoms with E-state index in [9.17, 15) is 9.59 Å². The van der Waals surface area contributed by atoms with Crippen LogP contribution in [0.3, 0.4) is 0 Å². The van der Waals surface area contributed by atoms with Crippen molar-refractivity contribution in [3.8, 4) is 0 Å². The summed E-state index contributed by atoms with van der Waals surface area (Å²) in [4.78, 5) is 26.2. The fourth-order valence-electron chi connectivity index (χ4n) is 1.76. The quantitative estimate of drug-likeness (QED) is 0.756. The lowest BCUT2D eigenvalue weighted by molar-refractivity contribution is -0.141. The molecule has 0 radical (unpaired) electrons. The highest BCUT2D eigenvalue weighted by atomic mass is 32.2. The predicted molar refractivity (Wildman–Crippen MR) is 69.7 cm³/mol. The van der Waals surface area contributed by atoms with Crippen molar-refractivity contribution in [2.45, 2.75) is 25.3 Å². The van der Waals surface area contributed by atoms with Crippen LogP contribution >= 0.6 is 11.8 Å². The average molecular weight is 276 g/mol. The molecule has 1 heterocycles. The molecule has 18 heavy (non-hydrogen) atoms. The number of aliphatic carboxylic acids is 1. The molecule has 2 atom stereocenters. The van der Waals surface area contributed by atoms with Gasteiger partial charge in [0.15, 0.2) is 0 Å². The van der Waals surface area contributed by atoms with Crippen LogP contribution in [0.4, 0.5) is 4.79 Å². The summed E-state index contributed by atoms with van der Waals surface area (Å²) in [6.07, 6.45) is 0. The number of carbonyl (C=O) groups excluding carboxylic acids is 1. The van der Waals surface area contributed by atoms with Crippen LogP contribution in [0.25, 0.3) is 0 Å². The van der Waals surface area contributed by atoms with Gasteiger partial charge in [0.1, 0.15) is 6.04 Å². The zero-order valence-electron chi connectivity index (χ0n) is 11.0. The number of carboxylic acids is 1. The van der Waals surface area contributed by atoms with E-state index in [0.717, 1.165) is 0 Å². The Bertz CT molecular complexity index is 313. The molecule has 7 heteroatoms. The summed E-state index contributed by atoms with van der Waals surface area (Å²) in [6, 6.07) is -0.980. The number of amides is 2. The first-order valence-corrected chi connectivity index (χ1v) is 6.99. The Morgan fingerprint density at radius 2 is 2.22 bits per heavy atom. The van der Waals surface area contributed by atoms with Crippen LogP contribution in [0.1, 0.15) is 13.8 Å². The maximum Gasteiger partial charge on any atom is 0.327 e. The molecule has 0 aromatic rings. The Kier molecular flexibility index (Phi) is 5.74. The minimum absolute atomic E-state index is 0.104. The monoisotopic (exact) mass is 276 g/mol. The molecule has 104 valence electrons. The van der Waals surface area contributed by atoms with E-state index in [2.05, 4.69) is 0 Å². The van der Waals surface area contributed by atoms with Gasteiger partial charge in [-0.1, -0.05) is 0 Å². The minimum Gasteiger partial charge on any atom is -0.480 e. The fourth-order valence-corrected chi connectivity index (χ4v) is 2.92. The van der Waals surface area contributed by atoms with E-state index < -0.39 is 12.0 Å². The van der Waals surface area contributed by atoms with E-state index in [1.807, 2.05) is 13.8 Å². The van der Waals surface area contributed by atoms with Crippen LogP contribution in [-0.4, -0.2) is 70.9 Å². The van der Waals surface area contributed by atoms with Crippen LogP contribution in [-0.2, 0) is 9.53 Å². The molecule has 1 rings (SSSR count). The third kappa shape index (κ3) is 3.52. The van der Waals surface area contributed by atoms with Crippen molar-refractivity contribution in [3.05, 3.63) is 0 Å². The normalized spacial score (nSPS) is 23.2. The number of thioether (sulfide) groups is 1. The van der Waals surface area contributed by atoms with Crippen LogP contribution in [0, 0.1) is 0 Å². The molecule has 0 bridgehead atoms. The zero-order valence-corrected chi connectivity index (χ0v) is 11.8. The van der Waals surface area contributed by atoms with Crippen molar-refractivity contribution in [2.24, 2.45) is 0 Å². The van der Waals surface area contributed by atoms with Crippen molar-refractivity contribution in [3.63, 3.8) is 0 Å². The largest absolute Gasteiger partial charge is 0.480 e. The third-order valence-corrected chi connectivity index (χ3v) is 4.05. The Morgan fingerprint density at radius 3 is 2.78 bits per heavy atom. The van der Waals surface area contributed by atoms with E-state index >= 15 is 0 Å². The molecule has 1 N–H and O–H groups in total. The van der Waals surface area contributed by atoms with Gasteiger partial charge in [-0.2, -0.15) is 0 Å². The van der Waals surface area contributed by atoms with Gasteiger partial charge in [-0.25, -0.2) is 9.59 Å². The number of carboxylic acid groups (broad SMARTS) is 1. The second kappa shape index (κ2) is 6.84. The Morgan fingerprint density at radius 1 is 1.56 bits per heavy atom. The lowest BCUT2D eigenvalue weighted by Gasteiger charge is -2.30. The maximum atomic E-state index is 12.2. The summed E-state index contributed by atoms with van der Waals surface area (Å²) in [7, 11) is 1.66. The van der Waals surface area contributed by atoms with Crippen molar-refractivity contribution in [2.75, 3.05) is 32.6 Å². The molecular weight excluding hydrogens is 256 g/mol. The number of ether oxygens (including phenoxy) is 1. The summed E-state index contributed by atoms with van der Waals surface area (Å²) < 4.78 is 5.18. The SMILES string of the molecule is CCOCCN(C)C(=O)N1C(C)SCC1C(=O)O. The summed E-state index contributed by atoms with van der Waals surface area (Å²) >= 11 is 1.48. The lowest BCUT2D eigenvalue weighted by atomic mass is 10.3. The molecular formula is C11H20N2O4S. The standard InChI is InChI=1S/C11H20N2O4S/c1-4-17-6-5-12(3)11(16)13-8(2)18-7-9(13)10(14)15/h8-9H,4-7H2,1-3H3,(H,14,15). The first kappa shape index (κ1) is 15.1. The number of hydrogen-bond acceptors (Lipinski definition) is 4. The van der Waals surface area contributed by atoms with Crippen LogP contribution in [0.5, 0.6) is 0 Å². The van der Waals surface area contributed by atoms with Gasteiger partial charge < -0.3 is 14.7 Å². The van der Waals surface area contributed by atoms with Crippen molar-refractivity contribution in [1.29, 1.82) is 0 Å². The highest BCUT2D eigenvalue weighted by molar-refractivity contribution is 8.00. The van der Waals surface area contributed by atoms with Crippen molar-refractivity contribution < 1.29 is 19.4 Å². The molecule has 0 spiro atoms. The van der Waals surface area contributed by atoms with Gasteiger partial charge in [-0.05, 0) is 13.8 Å². The third-order valence-electron chi connectivity index (χ3n) is 2.83. The number of rotatable bonds is 5. The van der Waals surface area contributed by atoms with Crippen LogP contribution in [0.15, 0.2) is 0 Å². The first-order chi connectivity index (χ1) is 8.49. The smallest absolute Gasteiger partial charge is 0.327 e. The van der Waals surface area contributed by atoms with E-state index in [0.29, 0.717) is 25.5 Å². The van der Waals surface area contributed by atoms with Crippen LogP contribution in [0.2, 0.25) is 0 Å². The molecule has 2 unspecified atom stereocenters. The molecule has 2 amide bonds. The van der Waals surface area contributed by atoms with Gasteiger partial charge in [0, 0.05) is 26.0 Å². The van der Waals surface area contributed by atoms with E-state index in [4.69, 9.17) is 9.84 Å². The Labute approximate surface area is 111 Å². The number of hydrogen-bond donors (Lipinski definition) is 1. The number of likely N-dealkylation sites (N-methyl/N-ethyl adjacent to an activating group) is 1. The molecule has 0 aromatic carbocycles. The highest BCUT2D eigenvalue weighted by Crippen LogP contribution is 2.29. The Hall–Kier alpha value is -0.950. The lowest BCUT2D eigenvalue weighted by Crippen LogP contribution is -2.50. The molecule has 1 aliphatic rings. The van der Waals surface area contributed by atoms with E-state index in [1.54, 1.807) is 7.05 Å². The number of carbonyl (C=O) groups is 2. The van der Waals surface area contributed by atoms with Gasteiger partial charge in [0.2, 0.25) is 0 Å². The Balaban J connectivity index is 2.60. The minimum atomic E-state index is -0.946. The van der Waals surface area contributed by atoms with Gasteiger partial charge >= 0.3 is 12.0 Å². The van der Waals surface area contributed by atoms with Crippen molar-refractivity contribution >= 4 is 23.8 Å². The second-order valence-corrected chi connectivity index (χ2v) is 5.44. The van der Waals surface area contributed by atoms with Crippen molar-refractivity contribution in [1.82, 2.24) is 9.80 Å². The molecule has 0 aliphatic carbocycles. The average Bonchev–Trinajstić information content (AvgIpc) is 2.70. The molecule has 1 saturated heterocycles. The zero-order chi connectivity index (χ0) is 13.7. The summed E-state index contributed by atoms with van der Waals surface area (Å²) in [5.74, 6) is -0.500. The van der Waals surface area contributed by atoms with Gasteiger partial charge in [0.05, 0.1) is 12.0 Å². The summed E-state index contributed by atoms with van der Waals surface area (Å²) in [5, 5.41) is 8.99. The van der Waals surface area contributed by atoms with Gasteiger partial charge in [0.25, 0.3) is 0 Å². The molecule has 1 fully saturated rings. The van der Waals surface area contributed by atoms with E-state index in [-0.39, 0.29) is 11.4 Å². The molecule has 0 aromatic heterocycles. The molecule has 0 saturated carbocycles. The molecule has 6 nitrogen and oxygen atoms in total. The number of urea groups is 1. The maximum absolute atomic E-state index is 12.2. The highest BCUT2D eigenvalue weighted by Gasteiger charge is 2.40. The summed E-state index contributed by atoms with van der Waals surface area (Å²) in [5.41, 5.74) is 0. The van der Waals surface area contributed by atoms with Crippen LogP contribution < -0.4 is 0 Å². The van der Waals surface area contributed by atoms with Gasteiger partial charge in [-0.15, -0.1) is 11.8 Å². The summed E-state index contributed by atoms with van der Waals surface area (Å²) in [6.45, 7) is 5.28. The van der Waals surface area contributed by atoms with Gasteiger partial charge in [-0.3, -0.25) is 4.90 Å². The van der Waals surface area contributed by atoms with E-state index in [1.165, 1.54) is 21.6 Å². The molecule has 1 aliphatic heterocycles. The fraction of sp³-hybridized carbons (Fsp3) is 0.818. The predicted octanol–water partition coefficient (Wildman–Crippen LogP) is 0.923. The second-order valence-electron chi connectivity index (χ2n) is 4.10. The topological polar surface area (TPSA) is 70.1 Å². The first-order valence-electron chi connectivity index (χ1n) is 5.94.